The van der Waals surface area contributed by atoms with Crippen molar-refractivity contribution < 1.29 is 34.0 Å². The third kappa shape index (κ3) is 7.27. The summed E-state index contributed by atoms with van der Waals surface area (Å²) in [6, 6.07) is 4.94. The van der Waals surface area contributed by atoms with Gasteiger partial charge in [-0.15, -0.1) is 0 Å². The molecule has 2 N–H and O–H groups in total. The molecule has 2 unspecified atom stereocenters. The Bertz CT molecular complexity index is 726. The highest BCUT2D eigenvalue weighted by Crippen LogP contribution is 2.38. The maximum atomic E-state index is 9.10. The smallest absolute Gasteiger partial charge is 0.414 e. The molecule has 1 aliphatic heterocycles. The Hall–Kier alpha value is -2.52. The number of nitrogens with zero attached hydrogens (tertiary/aromatic N) is 2. The fourth-order valence-electron chi connectivity index (χ4n) is 4.51. The molecule has 3 rings (SSSR count). The molecule has 0 aromatic heterocycles. The Morgan fingerprint density at radius 3 is 1.94 bits per heavy atom. The van der Waals surface area contributed by atoms with Crippen LogP contribution >= 0.6 is 0 Å². The molecule has 1 heterocycles. The highest BCUT2D eigenvalue weighted by molar-refractivity contribution is 6.27. The Morgan fingerprint density at radius 2 is 1.50 bits per heavy atom. The van der Waals surface area contributed by atoms with Gasteiger partial charge >= 0.3 is 11.9 Å². The maximum Gasteiger partial charge on any atom is 0.414 e. The van der Waals surface area contributed by atoms with E-state index in [0.717, 1.165) is 43.1 Å². The highest BCUT2D eigenvalue weighted by atomic mass is 16.5. The van der Waals surface area contributed by atoms with Crippen molar-refractivity contribution in [3.05, 3.63) is 17.7 Å². The molecule has 0 radical (unpaired) electrons. The molecule has 1 aliphatic carbocycles. The van der Waals surface area contributed by atoms with Gasteiger partial charge in [-0.2, -0.15) is 0 Å². The van der Waals surface area contributed by atoms with Crippen molar-refractivity contribution in [2.45, 2.75) is 45.2 Å². The van der Waals surface area contributed by atoms with Crippen molar-refractivity contribution in [3.8, 4) is 17.2 Å². The molecule has 2 aliphatic rings. The van der Waals surface area contributed by atoms with Crippen molar-refractivity contribution in [1.29, 1.82) is 0 Å². The van der Waals surface area contributed by atoms with E-state index in [1.807, 2.05) is 0 Å². The lowest BCUT2D eigenvalue weighted by Gasteiger charge is -2.42. The first-order valence-corrected chi connectivity index (χ1v) is 11.0. The van der Waals surface area contributed by atoms with E-state index in [1.165, 1.54) is 44.3 Å². The lowest BCUT2D eigenvalue weighted by atomic mass is 9.86. The van der Waals surface area contributed by atoms with Gasteiger partial charge < -0.3 is 24.4 Å². The van der Waals surface area contributed by atoms with E-state index in [9.17, 15) is 0 Å². The quantitative estimate of drug-likeness (QED) is 0.630. The van der Waals surface area contributed by atoms with Gasteiger partial charge in [-0.3, -0.25) is 9.80 Å². The predicted molar refractivity (Wildman–Crippen MR) is 120 cm³/mol. The molecule has 32 heavy (non-hydrogen) atoms. The molecular weight excluding hydrogens is 416 g/mol. The molecule has 1 saturated heterocycles. The molecule has 1 aromatic rings. The summed E-state index contributed by atoms with van der Waals surface area (Å²) >= 11 is 0. The largest absolute Gasteiger partial charge is 0.493 e. The summed E-state index contributed by atoms with van der Waals surface area (Å²) in [5, 5.41) is 14.8. The minimum atomic E-state index is -1.82. The number of hydrogen-bond acceptors (Lipinski definition) is 7. The van der Waals surface area contributed by atoms with Gasteiger partial charge in [0.1, 0.15) is 0 Å². The van der Waals surface area contributed by atoms with E-state index in [2.05, 4.69) is 28.9 Å². The van der Waals surface area contributed by atoms with Crippen LogP contribution in [0.3, 0.4) is 0 Å². The van der Waals surface area contributed by atoms with Crippen LogP contribution < -0.4 is 14.2 Å². The van der Waals surface area contributed by atoms with Crippen molar-refractivity contribution in [3.63, 3.8) is 0 Å². The number of hydrogen-bond donors (Lipinski definition) is 2. The Labute approximate surface area is 189 Å². The summed E-state index contributed by atoms with van der Waals surface area (Å²) in [4.78, 5) is 23.5. The van der Waals surface area contributed by atoms with Crippen molar-refractivity contribution in [1.82, 2.24) is 9.80 Å². The van der Waals surface area contributed by atoms with Crippen LogP contribution in [0, 0.1) is 5.92 Å². The van der Waals surface area contributed by atoms with Crippen LogP contribution in [0.4, 0.5) is 0 Å². The topological polar surface area (TPSA) is 109 Å². The minimum absolute atomic E-state index is 0.662. The van der Waals surface area contributed by atoms with Crippen molar-refractivity contribution >= 4 is 11.9 Å². The average molecular weight is 453 g/mol. The van der Waals surface area contributed by atoms with Crippen LogP contribution in [0.2, 0.25) is 0 Å². The van der Waals surface area contributed by atoms with Gasteiger partial charge in [0.15, 0.2) is 11.5 Å². The number of aliphatic carboxylic acids is 2. The van der Waals surface area contributed by atoms with Crippen molar-refractivity contribution in [2.75, 3.05) is 47.5 Å². The fourth-order valence-corrected chi connectivity index (χ4v) is 4.51. The molecule has 1 saturated carbocycles. The summed E-state index contributed by atoms with van der Waals surface area (Å²) in [5.74, 6) is -0.626. The minimum Gasteiger partial charge on any atom is -0.493 e. The average Bonchev–Trinajstić information content (AvgIpc) is 2.79. The number of carboxylic acids is 2. The third-order valence-corrected chi connectivity index (χ3v) is 6.15. The first kappa shape index (κ1) is 25.7. The molecule has 0 spiro atoms. The Balaban J connectivity index is 0.000000534. The number of benzene rings is 1. The first-order chi connectivity index (χ1) is 15.3. The third-order valence-electron chi connectivity index (χ3n) is 6.15. The number of carbonyl (C=O) groups is 2. The Kier molecular flexibility index (Phi) is 10.1. The molecule has 0 bridgehead atoms. The summed E-state index contributed by atoms with van der Waals surface area (Å²) in [6.07, 6.45) is 5.58. The normalized spacial score (nSPS) is 21.8. The summed E-state index contributed by atoms with van der Waals surface area (Å²) in [5.41, 5.74) is 1.21. The highest BCUT2D eigenvalue weighted by Gasteiger charge is 2.27. The monoisotopic (exact) mass is 452 g/mol. The van der Waals surface area contributed by atoms with Crippen LogP contribution in [0.5, 0.6) is 17.2 Å². The summed E-state index contributed by atoms with van der Waals surface area (Å²) < 4.78 is 16.4. The van der Waals surface area contributed by atoms with E-state index < -0.39 is 11.9 Å². The van der Waals surface area contributed by atoms with E-state index in [0.29, 0.717) is 5.75 Å². The number of piperazine rings is 1. The van der Waals surface area contributed by atoms with Gasteiger partial charge in [0, 0.05) is 38.8 Å². The second kappa shape index (κ2) is 12.5. The lowest BCUT2D eigenvalue weighted by molar-refractivity contribution is -0.159. The van der Waals surface area contributed by atoms with Crippen molar-refractivity contribution in [2.24, 2.45) is 5.92 Å². The summed E-state index contributed by atoms with van der Waals surface area (Å²) in [7, 11) is 4.99. The van der Waals surface area contributed by atoms with Gasteiger partial charge in [-0.25, -0.2) is 9.59 Å². The van der Waals surface area contributed by atoms with E-state index in [-0.39, 0.29) is 0 Å². The maximum absolute atomic E-state index is 9.10. The summed E-state index contributed by atoms with van der Waals surface area (Å²) in [6.45, 7) is 7.95. The van der Waals surface area contributed by atoms with E-state index in [4.69, 9.17) is 34.0 Å². The van der Waals surface area contributed by atoms with Crippen LogP contribution in [-0.4, -0.2) is 85.5 Å². The number of methoxy groups -OCH3 is 3. The van der Waals surface area contributed by atoms with Crippen LogP contribution in [0.15, 0.2) is 12.1 Å². The molecule has 180 valence electrons. The van der Waals surface area contributed by atoms with Gasteiger partial charge in [-0.1, -0.05) is 19.8 Å². The zero-order valence-electron chi connectivity index (χ0n) is 19.5. The van der Waals surface area contributed by atoms with Gasteiger partial charge in [0.05, 0.1) is 21.3 Å². The van der Waals surface area contributed by atoms with Crippen LogP contribution in [0.25, 0.3) is 0 Å². The predicted octanol–water partition coefficient (Wildman–Crippen LogP) is 2.56. The van der Waals surface area contributed by atoms with Gasteiger partial charge in [-0.05, 0) is 36.5 Å². The SMILES string of the molecule is COc1cc(CN2CCN(C3CCCC(C)C3)CC2)cc(OC)c1OC.O=C(O)C(=O)O. The lowest BCUT2D eigenvalue weighted by Crippen LogP contribution is -2.50. The molecular formula is C23H36N2O7. The molecule has 0 amide bonds. The van der Waals surface area contributed by atoms with Gasteiger partial charge in [0.25, 0.3) is 0 Å². The zero-order chi connectivity index (χ0) is 23.7. The second-order valence-electron chi connectivity index (χ2n) is 8.38. The first-order valence-electron chi connectivity index (χ1n) is 11.0. The molecule has 9 nitrogen and oxygen atoms in total. The second-order valence-corrected chi connectivity index (χ2v) is 8.38. The van der Waals surface area contributed by atoms with Gasteiger partial charge in [0.2, 0.25) is 5.75 Å². The zero-order valence-corrected chi connectivity index (χ0v) is 19.5. The fraction of sp³-hybridized carbons (Fsp3) is 0.652. The molecule has 2 fully saturated rings. The van der Waals surface area contributed by atoms with Crippen LogP contribution in [0.1, 0.15) is 38.2 Å². The molecule has 9 heteroatoms. The van der Waals surface area contributed by atoms with Crippen LogP contribution in [-0.2, 0) is 16.1 Å². The standard InChI is InChI=1S/C21H34N2O3.C2H2O4/c1-16-6-5-7-18(12-16)23-10-8-22(9-11-23)15-17-13-19(24-2)21(26-4)20(14-17)25-3;3-1(4)2(5)6/h13-14,16,18H,5-12,15H2,1-4H3;(H,3,4)(H,5,6). The Morgan fingerprint density at radius 1 is 0.938 bits per heavy atom. The van der Waals surface area contributed by atoms with E-state index >= 15 is 0 Å². The number of rotatable bonds is 6. The van der Waals surface area contributed by atoms with E-state index in [1.54, 1.807) is 21.3 Å². The molecule has 1 aromatic carbocycles. The number of ether oxygens (including phenoxy) is 3. The molecule has 2 atom stereocenters. The number of carboxylic acid groups (broad SMARTS) is 2.